The summed E-state index contributed by atoms with van der Waals surface area (Å²) in [6.07, 6.45) is 3.83. The molecule has 2 fully saturated rings. The maximum Gasteiger partial charge on any atom is 0.226 e. The molecule has 0 bridgehead atoms. The first-order valence-corrected chi connectivity index (χ1v) is 7.79. The van der Waals surface area contributed by atoms with Crippen LogP contribution in [0.15, 0.2) is 0 Å². The van der Waals surface area contributed by atoms with E-state index in [0.29, 0.717) is 32.4 Å². The Labute approximate surface area is 125 Å². The molecule has 0 aromatic rings. The largest absolute Gasteiger partial charge is 0.369 e. The SMILES string of the molecule is N#CCCN1CCCC(C(=O)N2CCC(C(N)=O)CC2)C1. The normalized spacial score (nSPS) is 24.5. The smallest absolute Gasteiger partial charge is 0.226 e. The van der Waals surface area contributed by atoms with Gasteiger partial charge in [0, 0.05) is 38.5 Å². The lowest BCUT2D eigenvalue weighted by Gasteiger charge is -2.37. The molecule has 0 saturated carbocycles. The summed E-state index contributed by atoms with van der Waals surface area (Å²) in [4.78, 5) is 27.8. The number of nitrogens with zero attached hydrogens (tertiary/aromatic N) is 3. The fraction of sp³-hybridized carbons (Fsp3) is 0.800. The summed E-state index contributed by atoms with van der Waals surface area (Å²) in [5.41, 5.74) is 5.32. The van der Waals surface area contributed by atoms with Crippen molar-refractivity contribution < 1.29 is 9.59 Å². The van der Waals surface area contributed by atoms with Gasteiger partial charge in [-0.15, -0.1) is 0 Å². The van der Waals surface area contributed by atoms with Crippen LogP contribution in [0.5, 0.6) is 0 Å². The quantitative estimate of drug-likeness (QED) is 0.808. The molecule has 1 atom stereocenters. The summed E-state index contributed by atoms with van der Waals surface area (Å²) >= 11 is 0. The zero-order chi connectivity index (χ0) is 15.2. The first-order valence-electron chi connectivity index (χ1n) is 7.79. The zero-order valence-electron chi connectivity index (χ0n) is 12.5. The van der Waals surface area contributed by atoms with E-state index in [1.165, 1.54) is 0 Å². The Morgan fingerprint density at radius 2 is 1.86 bits per heavy atom. The maximum absolute atomic E-state index is 12.6. The predicted molar refractivity (Wildman–Crippen MR) is 77.9 cm³/mol. The van der Waals surface area contributed by atoms with E-state index in [0.717, 1.165) is 32.5 Å². The second-order valence-electron chi connectivity index (χ2n) is 6.05. The van der Waals surface area contributed by atoms with Gasteiger partial charge in [-0.25, -0.2) is 0 Å². The molecule has 0 spiro atoms. The van der Waals surface area contributed by atoms with E-state index in [2.05, 4.69) is 11.0 Å². The minimum Gasteiger partial charge on any atom is -0.369 e. The van der Waals surface area contributed by atoms with Crippen LogP contribution in [-0.2, 0) is 9.59 Å². The summed E-state index contributed by atoms with van der Waals surface area (Å²) in [5, 5.41) is 8.66. The third-order valence-corrected chi connectivity index (χ3v) is 4.60. The lowest BCUT2D eigenvalue weighted by molar-refractivity contribution is -0.140. The molecule has 2 heterocycles. The van der Waals surface area contributed by atoms with Crippen LogP contribution in [0.3, 0.4) is 0 Å². The van der Waals surface area contributed by atoms with Crippen LogP contribution in [-0.4, -0.2) is 54.3 Å². The van der Waals surface area contributed by atoms with E-state index in [1.807, 2.05) is 4.90 Å². The van der Waals surface area contributed by atoms with Crippen LogP contribution in [0.25, 0.3) is 0 Å². The van der Waals surface area contributed by atoms with E-state index in [9.17, 15) is 9.59 Å². The minimum atomic E-state index is -0.248. The lowest BCUT2D eigenvalue weighted by atomic mass is 9.92. The van der Waals surface area contributed by atoms with Gasteiger partial charge in [0.2, 0.25) is 11.8 Å². The van der Waals surface area contributed by atoms with Gasteiger partial charge in [-0.3, -0.25) is 9.59 Å². The number of amides is 2. The number of nitrogens with two attached hydrogens (primary N) is 1. The monoisotopic (exact) mass is 292 g/mol. The number of primary amides is 1. The van der Waals surface area contributed by atoms with Gasteiger partial charge in [0.1, 0.15) is 0 Å². The Bertz CT molecular complexity index is 424. The van der Waals surface area contributed by atoms with Crippen LogP contribution < -0.4 is 5.73 Å². The molecule has 0 aromatic heterocycles. The van der Waals surface area contributed by atoms with Gasteiger partial charge in [-0.2, -0.15) is 5.26 Å². The standard InChI is InChI=1S/C15H24N4O2/c16-6-2-8-18-7-1-3-13(11-18)15(21)19-9-4-12(5-10-19)14(17)20/h12-13H,1-5,7-11H2,(H2,17,20). The van der Waals surface area contributed by atoms with Crippen LogP contribution in [0.4, 0.5) is 0 Å². The Morgan fingerprint density at radius 3 is 2.48 bits per heavy atom. The summed E-state index contributed by atoms with van der Waals surface area (Å²) in [6, 6.07) is 2.16. The molecule has 0 aliphatic carbocycles. The van der Waals surface area contributed by atoms with Crippen molar-refractivity contribution in [2.45, 2.75) is 32.1 Å². The first-order chi connectivity index (χ1) is 10.1. The molecule has 2 N–H and O–H groups in total. The van der Waals surface area contributed by atoms with Crippen molar-refractivity contribution in [1.82, 2.24) is 9.80 Å². The number of carbonyl (C=O) groups excluding carboxylic acids is 2. The van der Waals surface area contributed by atoms with E-state index in [1.54, 1.807) is 0 Å². The number of likely N-dealkylation sites (tertiary alicyclic amines) is 2. The highest BCUT2D eigenvalue weighted by molar-refractivity contribution is 5.80. The van der Waals surface area contributed by atoms with E-state index in [4.69, 9.17) is 11.0 Å². The second-order valence-corrected chi connectivity index (χ2v) is 6.05. The molecule has 2 saturated heterocycles. The minimum absolute atomic E-state index is 0.0440. The average Bonchev–Trinajstić information content (AvgIpc) is 2.52. The molecule has 6 heteroatoms. The number of hydrogen-bond acceptors (Lipinski definition) is 4. The number of hydrogen-bond donors (Lipinski definition) is 1. The van der Waals surface area contributed by atoms with Gasteiger partial charge < -0.3 is 15.5 Å². The van der Waals surface area contributed by atoms with Crippen molar-refractivity contribution >= 4 is 11.8 Å². The number of rotatable bonds is 4. The van der Waals surface area contributed by atoms with Crippen LogP contribution >= 0.6 is 0 Å². The molecular formula is C15H24N4O2. The van der Waals surface area contributed by atoms with Gasteiger partial charge in [-0.1, -0.05) is 0 Å². The fourth-order valence-electron chi connectivity index (χ4n) is 3.31. The highest BCUT2D eigenvalue weighted by Gasteiger charge is 2.32. The number of piperidine rings is 2. The first kappa shape index (κ1) is 15.8. The average molecular weight is 292 g/mol. The Morgan fingerprint density at radius 1 is 1.14 bits per heavy atom. The molecular weight excluding hydrogens is 268 g/mol. The third-order valence-electron chi connectivity index (χ3n) is 4.60. The van der Waals surface area contributed by atoms with Gasteiger partial charge >= 0.3 is 0 Å². The molecule has 2 aliphatic rings. The summed E-state index contributed by atoms with van der Waals surface area (Å²) in [5.74, 6) is -0.0721. The van der Waals surface area contributed by atoms with E-state index in [-0.39, 0.29) is 23.7 Å². The number of nitriles is 1. The Kier molecular flexibility index (Phi) is 5.57. The van der Waals surface area contributed by atoms with Crippen LogP contribution in [0, 0.1) is 23.2 Å². The van der Waals surface area contributed by atoms with Crippen molar-refractivity contribution in [1.29, 1.82) is 5.26 Å². The summed E-state index contributed by atoms with van der Waals surface area (Å²) < 4.78 is 0. The van der Waals surface area contributed by atoms with Gasteiger partial charge in [0.15, 0.2) is 0 Å². The van der Waals surface area contributed by atoms with Gasteiger partial charge in [0.25, 0.3) is 0 Å². The van der Waals surface area contributed by atoms with Crippen molar-refractivity contribution in [3.8, 4) is 6.07 Å². The third kappa shape index (κ3) is 4.18. The van der Waals surface area contributed by atoms with Crippen molar-refractivity contribution in [3.63, 3.8) is 0 Å². The molecule has 6 nitrogen and oxygen atoms in total. The molecule has 2 amide bonds. The second kappa shape index (κ2) is 7.41. The van der Waals surface area contributed by atoms with Gasteiger partial charge in [-0.05, 0) is 32.2 Å². The summed E-state index contributed by atoms with van der Waals surface area (Å²) in [6.45, 7) is 3.78. The summed E-state index contributed by atoms with van der Waals surface area (Å²) in [7, 11) is 0. The van der Waals surface area contributed by atoms with Crippen molar-refractivity contribution in [3.05, 3.63) is 0 Å². The molecule has 116 valence electrons. The topological polar surface area (TPSA) is 90.4 Å². The van der Waals surface area contributed by atoms with E-state index < -0.39 is 0 Å². The maximum atomic E-state index is 12.6. The highest BCUT2D eigenvalue weighted by Crippen LogP contribution is 2.23. The van der Waals surface area contributed by atoms with Crippen molar-refractivity contribution in [2.24, 2.45) is 17.6 Å². The van der Waals surface area contributed by atoms with Gasteiger partial charge in [0.05, 0.1) is 12.0 Å². The van der Waals surface area contributed by atoms with Crippen molar-refractivity contribution in [2.75, 3.05) is 32.7 Å². The zero-order valence-corrected chi connectivity index (χ0v) is 12.5. The predicted octanol–water partition coefficient (Wildman–Crippen LogP) is 0.336. The Balaban J connectivity index is 1.83. The lowest BCUT2D eigenvalue weighted by Crippen LogP contribution is -2.48. The molecule has 1 unspecified atom stereocenters. The molecule has 2 rings (SSSR count). The molecule has 0 aromatic carbocycles. The number of carbonyl (C=O) groups is 2. The molecule has 21 heavy (non-hydrogen) atoms. The van der Waals surface area contributed by atoms with E-state index >= 15 is 0 Å². The van der Waals surface area contributed by atoms with Crippen LogP contribution in [0.1, 0.15) is 32.1 Å². The Hall–Kier alpha value is -1.61. The highest BCUT2D eigenvalue weighted by atomic mass is 16.2. The van der Waals surface area contributed by atoms with Crippen LogP contribution in [0.2, 0.25) is 0 Å². The molecule has 2 aliphatic heterocycles. The fourth-order valence-corrected chi connectivity index (χ4v) is 3.31. The molecule has 0 radical (unpaired) electrons.